The summed E-state index contributed by atoms with van der Waals surface area (Å²) in [5, 5.41) is 20.3. The highest BCUT2D eigenvalue weighted by molar-refractivity contribution is 7.70. The maximum atomic E-state index is 12.9. The Balaban J connectivity index is 1.42. The lowest BCUT2D eigenvalue weighted by atomic mass is 10.1. The van der Waals surface area contributed by atoms with Crippen LogP contribution in [0.4, 0.5) is 34.5 Å². The summed E-state index contributed by atoms with van der Waals surface area (Å²) in [5.74, 6) is 0.790. The van der Waals surface area contributed by atoms with E-state index < -0.39 is 7.14 Å². The van der Waals surface area contributed by atoms with E-state index in [0.29, 0.717) is 45.0 Å². The Morgan fingerprint density at radius 2 is 1.86 bits per heavy atom. The van der Waals surface area contributed by atoms with Crippen molar-refractivity contribution < 1.29 is 19.2 Å². The van der Waals surface area contributed by atoms with E-state index in [1.54, 1.807) is 26.5 Å². The van der Waals surface area contributed by atoms with Gasteiger partial charge in [0.05, 0.1) is 42.2 Å². The number of ether oxygens (including phenoxy) is 1. The number of rotatable bonds is 10. The molecule has 0 spiro atoms. The number of piperidine rings is 1. The molecule has 3 aromatic rings. The maximum absolute atomic E-state index is 12.9. The molecule has 2 aliphatic heterocycles. The minimum Gasteiger partial charge on any atom is -0.494 e. The van der Waals surface area contributed by atoms with Gasteiger partial charge in [-0.05, 0) is 56.9 Å². The highest BCUT2D eigenvalue weighted by atomic mass is 35.5. The highest BCUT2D eigenvalue weighted by Gasteiger charge is 2.32. The van der Waals surface area contributed by atoms with E-state index >= 15 is 0 Å². The average Bonchev–Trinajstić information content (AvgIpc) is 3.49. The number of aliphatic hydroxyl groups is 1. The summed E-state index contributed by atoms with van der Waals surface area (Å²) < 4.78 is 18.6. The summed E-state index contributed by atoms with van der Waals surface area (Å²) in [5.41, 5.74) is 2.61. The molecule has 0 aliphatic carbocycles. The fourth-order valence-electron chi connectivity index (χ4n) is 5.70. The van der Waals surface area contributed by atoms with Crippen molar-refractivity contribution in [1.82, 2.24) is 14.9 Å². The van der Waals surface area contributed by atoms with Gasteiger partial charge >= 0.3 is 0 Å². The van der Waals surface area contributed by atoms with Gasteiger partial charge in [0, 0.05) is 43.6 Å². The molecule has 234 valence electrons. The number of halogens is 1. The van der Waals surface area contributed by atoms with Crippen LogP contribution in [0.25, 0.3) is 0 Å². The predicted molar refractivity (Wildman–Crippen MR) is 178 cm³/mol. The second kappa shape index (κ2) is 13.6. The van der Waals surface area contributed by atoms with Crippen molar-refractivity contribution in [3.8, 4) is 5.75 Å². The fraction of sp³-hybridized carbons (Fsp3) is 0.387. The Kier molecular flexibility index (Phi) is 9.80. The Hall–Kier alpha value is -3.63. The molecule has 1 unspecified atom stereocenters. The molecule has 0 bridgehead atoms. The zero-order valence-corrected chi connectivity index (χ0v) is 26.9. The molecule has 4 N–H and O–H groups in total. The molecular weight excluding hydrogens is 601 g/mol. The molecule has 1 amide bonds. The van der Waals surface area contributed by atoms with Crippen LogP contribution in [0.15, 0.2) is 55.3 Å². The number of aromatic nitrogens is 2. The average molecular weight is 640 g/mol. The van der Waals surface area contributed by atoms with Crippen LogP contribution in [0.2, 0.25) is 5.02 Å². The summed E-state index contributed by atoms with van der Waals surface area (Å²) in [6.07, 6.45) is 5.06. The first-order chi connectivity index (χ1) is 21.0. The third kappa shape index (κ3) is 7.35. The second-order valence-corrected chi connectivity index (χ2v) is 15.0. The van der Waals surface area contributed by atoms with Crippen LogP contribution in [0.5, 0.6) is 5.75 Å². The van der Waals surface area contributed by atoms with Crippen molar-refractivity contribution in [3.05, 3.63) is 60.3 Å². The Morgan fingerprint density at radius 3 is 2.57 bits per heavy atom. The number of anilines is 6. The molecule has 1 aromatic heterocycles. The van der Waals surface area contributed by atoms with Crippen molar-refractivity contribution >= 4 is 64.5 Å². The summed E-state index contributed by atoms with van der Waals surface area (Å²) in [4.78, 5) is 26.1. The predicted octanol–water partition coefficient (Wildman–Crippen LogP) is 5.03. The first-order valence-corrected chi connectivity index (χ1v) is 17.6. The van der Waals surface area contributed by atoms with E-state index in [4.69, 9.17) is 16.3 Å². The lowest BCUT2D eigenvalue weighted by Crippen LogP contribution is -2.44. The molecule has 2 fully saturated rings. The standard InChI is InChI=1S/C31H39ClN7O4P/c1-5-29(41)34-24-16-25(27(43-2)17-26(24)39-13-10-20(19-39)38-14-11-21(40)12-15-38)36-31-33-18-22(32)30(37-31)35-23-8-6-7-9-28(23)44(3,4)42/h5-9,16-18,20-21,40H,1,10-15,19H2,2-4H3,(H,34,41)(H2,33,35,36,37). The van der Waals surface area contributed by atoms with Crippen LogP contribution in [0.3, 0.4) is 0 Å². The molecule has 1 atom stereocenters. The minimum absolute atomic E-state index is 0.215. The first kappa shape index (κ1) is 31.8. The lowest BCUT2D eigenvalue weighted by molar-refractivity contribution is -0.111. The summed E-state index contributed by atoms with van der Waals surface area (Å²) in [7, 11) is -0.991. The monoisotopic (exact) mass is 639 g/mol. The van der Waals surface area contributed by atoms with Crippen molar-refractivity contribution in [3.63, 3.8) is 0 Å². The number of methoxy groups -OCH3 is 1. The molecule has 2 saturated heterocycles. The van der Waals surface area contributed by atoms with Crippen LogP contribution in [-0.4, -0.2) is 84.6 Å². The quantitative estimate of drug-likeness (QED) is 0.177. The Bertz CT molecular complexity index is 1570. The van der Waals surface area contributed by atoms with Crippen LogP contribution >= 0.6 is 18.7 Å². The van der Waals surface area contributed by atoms with Gasteiger partial charge in [-0.1, -0.05) is 30.3 Å². The van der Waals surface area contributed by atoms with E-state index in [-0.39, 0.29) is 18.0 Å². The molecule has 11 nitrogen and oxygen atoms in total. The summed E-state index contributed by atoms with van der Waals surface area (Å²) in [6, 6.07) is 11.4. The minimum atomic E-state index is -2.57. The Morgan fingerprint density at radius 1 is 1.11 bits per heavy atom. The van der Waals surface area contributed by atoms with Crippen LogP contribution in [-0.2, 0) is 9.36 Å². The smallest absolute Gasteiger partial charge is 0.247 e. The van der Waals surface area contributed by atoms with Gasteiger partial charge in [-0.2, -0.15) is 4.98 Å². The molecule has 13 heteroatoms. The number of hydrogen-bond acceptors (Lipinski definition) is 10. The number of carbonyl (C=O) groups is 1. The zero-order chi connectivity index (χ0) is 31.4. The van der Waals surface area contributed by atoms with Gasteiger partial charge in [0.25, 0.3) is 0 Å². The van der Waals surface area contributed by atoms with Crippen molar-refractivity contribution in [2.24, 2.45) is 0 Å². The number of carbonyl (C=O) groups excluding carboxylic acids is 1. The second-order valence-electron chi connectivity index (χ2n) is 11.4. The molecule has 2 aromatic carbocycles. The molecule has 5 rings (SSSR count). The van der Waals surface area contributed by atoms with Crippen molar-refractivity contribution in [2.75, 3.05) is 67.5 Å². The number of likely N-dealkylation sites (tertiary alicyclic amines) is 1. The van der Waals surface area contributed by atoms with E-state index in [1.165, 1.54) is 12.3 Å². The van der Waals surface area contributed by atoms with Crippen LogP contribution in [0.1, 0.15) is 19.3 Å². The summed E-state index contributed by atoms with van der Waals surface area (Å²) in [6.45, 7) is 10.4. The topological polar surface area (TPSA) is 132 Å². The number of aliphatic hydroxyl groups excluding tert-OH is 1. The molecular formula is C31H39ClN7O4P. The van der Waals surface area contributed by atoms with Gasteiger partial charge in [-0.15, -0.1) is 0 Å². The van der Waals surface area contributed by atoms with E-state index in [1.807, 2.05) is 30.3 Å². The number of nitrogens with one attached hydrogen (secondary N) is 3. The van der Waals surface area contributed by atoms with Gasteiger partial charge < -0.3 is 35.3 Å². The largest absolute Gasteiger partial charge is 0.494 e. The fourth-order valence-corrected chi connectivity index (χ4v) is 7.00. The molecule has 0 saturated carbocycles. The number of amides is 1. The van der Waals surface area contributed by atoms with E-state index in [2.05, 4.69) is 42.3 Å². The number of nitrogens with zero attached hydrogens (tertiary/aromatic N) is 4. The normalized spacial score (nSPS) is 17.8. The third-order valence-corrected chi connectivity index (χ3v) is 9.84. The molecule has 3 heterocycles. The Labute approximate surface area is 263 Å². The maximum Gasteiger partial charge on any atom is 0.247 e. The SMILES string of the molecule is C=CC(=O)Nc1cc(Nc2ncc(Cl)c(Nc3ccccc3P(C)(C)=O)n2)c(OC)cc1N1CCC(N2CCC(O)CC2)C1. The van der Waals surface area contributed by atoms with E-state index in [0.717, 1.165) is 51.1 Å². The van der Waals surface area contributed by atoms with E-state index in [9.17, 15) is 14.5 Å². The molecule has 2 aliphatic rings. The number of hydrogen-bond donors (Lipinski definition) is 4. The third-order valence-electron chi connectivity index (χ3n) is 8.01. The first-order valence-electron chi connectivity index (χ1n) is 14.6. The molecule has 0 radical (unpaired) electrons. The number of para-hydroxylation sites is 1. The lowest BCUT2D eigenvalue weighted by Gasteiger charge is -2.34. The highest BCUT2D eigenvalue weighted by Crippen LogP contribution is 2.41. The van der Waals surface area contributed by atoms with Gasteiger partial charge in [0.2, 0.25) is 11.9 Å². The van der Waals surface area contributed by atoms with Crippen molar-refractivity contribution in [2.45, 2.75) is 31.4 Å². The zero-order valence-electron chi connectivity index (χ0n) is 25.2. The van der Waals surface area contributed by atoms with Crippen LogP contribution in [0, 0.1) is 0 Å². The van der Waals surface area contributed by atoms with Gasteiger partial charge in [0.15, 0.2) is 5.82 Å². The summed E-state index contributed by atoms with van der Waals surface area (Å²) >= 11 is 6.45. The number of benzene rings is 2. The molecule has 44 heavy (non-hydrogen) atoms. The van der Waals surface area contributed by atoms with Crippen molar-refractivity contribution in [1.29, 1.82) is 0 Å². The van der Waals surface area contributed by atoms with Crippen LogP contribution < -0.4 is 30.9 Å². The van der Waals surface area contributed by atoms with Gasteiger partial charge in [-0.25, -0.2) is 4.98 Å². The van der Waals surface area contributed by atoms with Gasteiger partial charge in [-0.3, -0.25) is 9.69 Å². The van der Waals surface area contributed by atoms with Gasteiger partial charge in [0.1, 0.15) is 17.9 Å².